The Balaban J connectivity index is 4.03. The summed E-state index contributed by atoms with van der Waals surface area (Å²) in [6, 6.07) is 0. The first-order valence-corrected chi connectivity index (χ1v) is 36.4. The van der Waals surface area contributed by atoms with Crippen molar-refractivity contribution < 1.29 is 28.6 Å². The van der Waals surface area contributed by atoms with E-state index in [1.807, 2.05) is 0 Å². The summed E-state index contributed by atoms with van der Waals surface area (Å²) < 4.78 is 16.9. The lowest BCUT2D eigenvalue weighted by Crippen LogP contribution is -2.30. The van der Waals surface area contributed by atoms with Crippen LogP contribution in [0.5, 0.6) is 0 Å². The molecule has 0 radical (unpaired) electrons. The van der Waals surface area contributed by atoms with Gasteiger partial charge in [-0.25, -0.2) is 0 Å². The number of hydrogen-bond donors (Lipinski definition) is 0. The number of carbonyl (C=O) groups excluding carboxylic acids is 3. The van der Waals surface area contributed by atoms with Gasteiger partial charge in [0.1, 0.15) is 13.2 Å². The van der Waals surface area contributed by atoms with Gasteiger partial charge in [0, 0.05) is 19.3 Å². The zero-order chi connectivity index (χ0) is 59.9. The van der Waals surface area contributed by atoms with Crippen LogP contribution >= 0.6 is 0 Å². The van der Waals surface area contributed by atoms with Crippen molar-refractivity contribution in [3.63, 3.8) is 0 Å². The van der Waals surface area contributed by atoms with Gasteiger partial charge in [-0.1, -0.05) is 363 Å². The summed E-state index contributed by atoms with van der Waals surface area (Å²) in [6.45, 7) is 6.54. The molecule has 0 aliphatic rings. The molecule has 83 heavy (non-hydrogen) atoms. The van der Waals surface area contributed by atoms with E-state index < -0.39 is 6.10 Å². The fourth-order valence-corrected chi connectivity index (χ4v) is 10.8. The highest BCUT2D eigenvalue weighted by Crippen LogP contribution is 2.19. The van der Waals surface area contributed by atoms with E-state index in [1.54, 1.807) is 0 Å². The number of esters is 3. The Morgan fingerprint density at radius 2 is 0.470 bits per heavy atom. The molecule has 0 saturated heterocycles. The smallest absolute Gasteiger partial charge is 0.306 e. The molecular weight excluding hydrogens is 1020 g/mol. The van der Waals surface area contributed by atoms with Crippen LogP contribution in [0.25, 0.3) is 0 Å². The molecule has 0 aromatic carbocycles. The van der Waals surface area contributed by atoms with Crippen molar-refractivity contribution >= 4 is 17.9 Å². The Morgan fingerprint density at radius 3 is 0.735 bits per heavy atom. The Bertz CT molecular complexity index is 1520. The summed E-state index contributed by atoms with van der Waals surface area (Å²) in [5, 5.41) is 0. The third-order valence-corrected chi connectivity index (χ3v) is 16.2. The summed E-state index contributed by atoms with van der Waals surface area (Å²) in [4.78, 5) is 38.2. The first kappa shape index (κ1) is 79.8. The maximum atomic E-state index is 12.9. The Morgan fingerprint density at radius 1 is 0.253 bits per heavy atom. The van der Waals surface area contributed by atoms with Gasteiger partial charge in [-0.2, -0.15) is 0 Å². The first-order valence-electron chi connectivity index (χ1n) is 36.4. The number of carbonyl (C=O) groups is 3. The lowest BCUT2D eigenvalue weighted by Gasteiger charge is -2.18. The van der Waals surface area contributed by atoms with Crippen LogP contribution in [0.3, 0.4) is 0 Å². The molecule has 0 spiro atoms. The summed E-state index contributed by atoms with van der Waals surface area (Å²) >= 11 is 0. The van der Waals surface area contributed by atoms with Crippen molar-refractivity contribution in [2.24, 2.45) is 0 Å². The van der Waals surface area contributed by atoms with E-state index in [-0.39, 0.29) is 31.1 Å². The minimum Gasteiger partial charge on any atom is -0.462 e. The third-order valence-electron chi connectivity index (χ3n) is 16.2. The maximum Gasteiger partial charge on any atom is 0.306 e. The number of unbranched alkanes of at least 4 members (excludes halogenated alkanes) is 44. The van der Waals surface area contributed by atoms with Crippen molar-refractivity contribution in [3.05, 3.63) is 72.9 Å². The van der Waals surface area contributed by atoms with Crippen LogP contribution in [-0.2, 0) is 28.6 Å². The molecule has 0 saturated carbocycles. The van der Waals surface area contributed by atoms with E-state index in [0.29, 0.717) is 19.3 Å². The molecule has 0 aromatic rings. The van der Waals surface area contributed by atoms with Gasteiger partial charge in [0.05, 0.1) is 0 Å². The molecule has 1 atom stereocenters. The van der Waals surface area contributed by atoms with Crippen molar-refractivity contribution in [1.82, 2.24) is 0 Å². The first-order chi connectivity index (χ1) is 41.0. The predicted octanol–water partition coefficient (Wildman–Crippen LogP) is 25.2. The molecule has 482 valence electrons. The molecule has 0 rings (SSSR count). The molecule has 0 N–H and O–H groups in total. The largest absolute Gasteiger partial charge is 0.462 e. The Labute approximate surface area is 516 Å². The average Bonchev–Trinajstić information content (AvgIpc) is 3.50. The highest BCUT2D eigenvalue weighted by atomic mass is 16.6. The molecule has 0 bridgehead atoms. The van der Waals surface area contributed by atoms with Crippen LogP contribution < -0.4 is 0 Å². The minimum atomic E-state index is -0.772. The second kappa shape index (κ2) is 71.3. The molecule has 0 amide bonds. The number of rotatable bonds is 67. The van der Waals surface area contributed by atoms with Crippen LogP contribution in [0.15, 0.2) is 72.9 Å². The third kappa shape index (κ3) is 69.5. The highest BCUT2D eigenvalue weighted by Gasteiger charge is 2.19. The van der Waals surface area contributed by atoms with Crippen LogP contribution in [0, 0.1) is 0 Å². The molecule has 0 aliphatic carbocycles. The zero-order valence-electron chi connectivity index (χ0n) is 55.5. The molecule has 0 aliphatic heterocycles. The van der Waals surface area contributed by atoms with Crippen LogP contribution in [0.2, 0.25) is 0 Å². The van der Waals surface area contributed by atoms with Crippen molar-refractivity contribution in [2.45, 2.75) is 386 Å². The standard InChI is InChI=1S/C77H138O6/c1-4-7-10-13-16-18-20-22-24-26-28-30-32-34-36-37-38-39-41-42-44-46-48-50-52-54-56-58-61-64-67-70-76(79)82-73-74(72-81-75(78)69-66-63-60-15-12-9-6-3)83-77(80)71-68-65-62-59-57-55-53-51-49-47-45-43-40-35-33-31-29-27-25-23-21-19-17-14-11-8-5-2/h7,10,16,18,22,24,28,30,34,36,38-39,74H,4-6,8-9,11-15,17,19-21,23,25-27,29,31-33,35,37,40-73H2,1-3H3/b10-7-,18-16-,24-22-,30-28-,36-34-,39-38-. The van der Waals surface area contributed by atoms with E-state index in [9.17, 15) is 14.4 Å². The van der Waals surface area contributed by atoms with Crippen LogP contribution in [0.4, 0.5) is 0 Å². The lowest BCUT2D eigenvalue weighted by molar-refractivity contribution is -0.167. The summed E-state index contributed by atoms with van der Waals surface area (Å²) in [5.74, 6) is -0.857. The van der Waals surface area contributed by atoms with E-state index in [0.717, 1.165) is 96.3 Å². The molecular formula is C77H138O6. The molecule has 6 nitrogen and oxygen atoms in total. The van der Waals surface area contributed by atoms with Gasteiger partial charge in [-0.15, -0.1) is 0 Å². The Kier molecular flexibility index (Phi) is 68.6. The van der Waals surface area contributed by atoms with E-state index >= 15 is 0 Å². The van der Waals surface area contributed by atoms with E-state index in [1.165, 1.54) is 244 Å². The summed E-state index contributed by atoms with van der Waals surface area (Å²) in [5.41, 5.74) is 0. The lowest BCUT2D eigenvalue weighted by atomic mass is 10.0. The van der Waals surface area contributed by atoms with Crippen LogP contribution in [0.1, 0.15) is 380 Å². The zero-order valence-corrected chi connectivity index (χ0v) is 55.5. The number of ether oxygens (including phenoxy) is 3. The molecule has 1 unspecified atom stereocenters. The minimum absolute atomic E-state index is 0.0705. The van der Waals surface area contributed by atoms with Gasteiger partial charge in [0.25, 0.3) is 0 Å². The van der Waals surface area contributed by atoms with Crippen molar-refractivity contribution in [1.29, 1.82) is 0 Å². The molecule has 0 heterocycles. The number of hydrogen-bond acceptors (Lipinski definition) is 6. The predicted molar refractivity (Wildman–Crippen MR) is 362 cm³/mol. The quantitative estimate of drug-likeness (QED) is 0.0261. The molecule has 6 heteroatoms. The topological polar surface area (TPSA) is 78.9 Å². The van der Waals surface area contributed by atoms with Gasteiger partial charge in [-0.05, 0) is 70.6 Å². The average molecular weight is 1160 g/mol. The number of allylic oxidation sites excluding steroid dienone is 12. The van der Waals surface area contributed by atoms with Crippen molar-refractivity contribution in [2.75, 3.05) is 13.2 Å². The normalized spacial score (nSPS) is 12.5. The highest BCUT2D eigenvalue weighted by molar-refractivity contribution is 5.71. The van der Waals surface area contributed by atoms with Gasteiger partial charge in [-0.3, -0.25) is 14.4 Å². The SMILES string of the molecule is CC/C=C\C/C=C\C/C=C\C/C=C\C/C=C\C/C=C\CCCCCCCCCCCCCCC(=O)OCC(COC(=O)CCCCCCCCC)OC(=O)CCCCCCCCCCCCCCCCCCCCCCCCCCCCC. The van der Waals surface area contributed by atoms with Crippen LogP contribution in [-0.4, -0.2) is 37.2 Å². The van der Waals surface area contributed by atoms with Gasteiger partial charge in [0.2, 0.25) is 0 Å². The van der Waals surface area contributed by atoms with E-state index in [4.69, 9.17) is 14.2 Å². The fourth-order valence-electron chi connectivity index (χ4n) is 10.8. The van der Waals surface area contributed by atoms with Crippen molar-refractivity contribution in [3.8, 4) is 0 Å². The molecule has 0 fully saturated rings. The fraction of sp³-hybridized carbons (Fsp3) is 0.805. The Hall–Kier alpha value is -3.15. The second-order valence-electron chi connectivity index (χ2n) is 24.5. The summed E-state index contributed by atoms with van der Waals surface area (Å²) in [7, 11) is 0. The van der Waals surface area contributed by atoms with Gasteiger partial charge in [0.15, 0.2) is 6.10 Å². The monoisotopic (exact) mass is 1160 g/mol. The van der Waals surface area contributed by atoms with Gasteiger partial charge >= 0.3 is 17.9 Å². The maximum absolute atomic E-state index is 12.9. The molecule has 0 aromatic heterocycles. The second-order valence-corrected chi connectivity index (χ2v) is 24.5. The van der Waals surface area contributed by atoms with Gasteiger partial charge < -0.3 is 14.2 Å². The van der Waals surface area contributed by atoms with E-state index in [2.05, 4.69) is 93.7 Å². The summed E-state index contributed by atoms with van der Waals surface area (Å²) in [6.07, 6.45) is 94.0.